The summed E-state index contributed by atoms with van der Waals surface area (Å²) in [7, 11) is 0. The minimum absolute atomic E-state index is 0.170. The van der Waals surface area contributed by atoms with Crippen molar-refractivity contribution in [1.29, 1.82) is 0 Å². The Morgan fingerprint density at radius 1 is 0.962 bits per heavy atom. The van der Waals surface area contributed by atoms with Gasteiger partial charge >= 0.3 is 0 Å². The van der Waals surface area contributed by atoms with Gasteiger partial charge in [-0.15, -0.1) is 22.7 Å². The van der Waals surface area contributed by atoms with Crippen LogP contribution in [0.2, 0.25) is 0 Å². The van der Waals surface area contributed by atoms with Crippen molar-refractivity contribution in [2.24, 2.45) is 0 Å². The molecule has 0 radical (unpaired) electrons. The summed E-state index contributed by atoms with van der Waals surface area (Å²) in [6.45, 7) is 5.50. The standard InChI is InChI=1S/C18H18N4O2S2/c1-10(21-17(23)15-11(2)19-8-25-15)13-6-4-5-7-14(13)22-18(24)16-12(3)20-9-26-16/h4-10H,1-3H3,(H,21,23)(H,22,24)/t10-/m0/s1. The molecule has 0 spiro atoms. The van der Waals surface area contributed by atoms with Crippen LogP contribution < -0.4 is 10.6 Å². The molecule has 2 aromatic heterocycles. The zero-order valence-electron chi connectivity index (χ0n) is 14.6. The van der Waals surface area contributed by atoms with Crippen LogP contribution in [0.4, 0.5) is 5.69 Å². The van der Waals surface area contributed by atoms with Crippen molar-refractivity contribution in [3.05, 3.63) is 62.0 Å². The van der Waals surface area contributed by atoms with Crippen molar-refractivity contribution in [3.63, 3.8) is 0 Å². The van der Waals surface area contributed by atoms with Crippen molar-refractivity contribution in [1.82, 2.24) is 15.3 Å². The van der Waals surface area contributed by atoms with Crippen molar-refractivity contribution in [2.75, 3.05) is 5.32 Å². The summed E-state index contributed by atoms with van der Waals surface area (Å²) >= 11 is 2.61. The van der Waals surface area contributed by atoms with E-state index in [2.05, 4.69) is 20.6 Å². The molecule has 1 atom stereocenters. The molecule has 0 fully saturated rings. The van der Waals surface area contributed by atoms with E-state index in [9.17, 15) is 9.59 Å². The molecular formula is C18H18N4O2S2. The Morgan fingerprint density at radius 2 is 1.54 bits per heavy atom. The number of nitrogens with one attached hydrogen (secondary N) is 2. The third-order valence-corrected chi connectivity index (χ3v) is 5.78. The van der Waals surface area contributed by atoms with Gasteiger partial charge in [-0.1, -0.05) is 18.2 Å². The number of thiazole rings is 2. The Bertz CT molecular complexity index is 948. The van der Waals surface area contributed by atoms with Gasteiger partial charge in [0.15, 0.2) is 0 Å². The first kappa shape index (κ1) is 18.2. The lowest BCUT2D eigenvalue weighted by atomic mass is 10.1. The van der Waals surface area contributed by atoms with E-state index in [0.717, 1.165) is 5.56 Å². The number of carbonyl (C=O) groups excluding carboxylic acids is 2. The molecule has 1 aromatic carbocycles. The normalized spacial score (nSPS) is 11.8. The highest BCUT2D eigenvalue weighted by Crippen LogP contribution is 2.25. The van der Waals surface area contributed by atoms with Crippen LogP contribution in [0.5, 0.6) is 0 Å². The van der Waals surface area contributed by atoms with E-state index in [1.54, 1.807) is 17.9 Å². The number of anilines is 1. The second kappa shape index (κ2) is 7.76. The van der Waals surface area contributed by atoms with Gasteiger partial charge in [-0.3, -0.25) is 9.59 Å². The second-order valence-corrected chi connectivity index (χ2v) is 7.48. The summed E-state index contributed by atoms with van der Waals surface area (Å²) in [4.78, 5) is 34.3. The molecule has 3 aromatic rings. The zero-order valence-corrected chi connectivity index (χ0v) is 16.2. The number of carbonyl (C=O) groups is 2. The van der Waals surface area contributed by atoms with Crippen LogP contribution in [0.3, 0.4) is 0 Å². The third kappa shape index (κ3) is 3.81. The van der Waals surface area contributed by atoms with Crippen LogP contribution in [-0.2, 0) is 0 Å². The highest BCUT2D eigenvalue weighted by atomic mass is 32.1. The van der Waals surface area contributed by atoms with Gasteiger partial charge in [0.25, 0.3) is 11.8 Å². The van der Waals surface area contributed by atoms with E-state index in [4.69, 9.17) is 0 Å². The fraction of sp³-hybridized carbons (Fsp3) is 0.222. The van der Waals surface area contributed by atoms with Gasteiger partial charge in [-0.25, -0.2) is 9.97 Å². The minimum Gasteiger partial charge on any atom is -0.345 e. The van der Waals surface area contributed by atoms with Crippen LogP contribution in [-0.4, -0.2) is 21.8 Å². The van der Waals surface area contributed by atoms with Gasteiger partial charge in [0.05, 0.1) is 28.5 Å². The first-order valence-electron chi connectivity index (χ1n) is 7.98. The number of aryl methyl sites for hydroxylation is 2. The zero-order chi connectivity index (χ0) is 18.7. The number of hydrogen-bond donors (Lipinski definition) is 2. The predicted molar refractivity (Wildman–Crippen MR) is 104 cm³/mol. The van der Waals surface area contributed by atoms with Crippen molar-refractivity contribution >= 4 is 40.2 Å². The molecule has 0 aliphatic rings. The van der Waals surface area contributed by atoms with Gasteiger partial charge in [0.1, 0.15) is 9.75 Å². The maximum Gasteiger partial charge on any atom is 0.267 e. The molecule has 2 N–H and O–H groups in total. The SMILES string of the molecule is Cc1ncsc1C(=O)Nc1ccccc1[C@H](C)NC(=O)c1scnc1C. The molecule has 0 aliphatic heterocycles. The number of aromatic nitrogens is 2. The Labute approximate surface area is 159 Å². The molecule has 3 rings (SSSR count). The molecule has 0 saturated carbocycles. The van der Waals surface area contributed by atoms with Crippen molar-refractivity contribution < 1.29 is 9.59 Å². The minimum atomic E-state index is -0.275. The van der Waals surface area contributed by atoms with E-state index in [1.807, 2.05) is 38.1 Å². The number of para-hydroxylation sites is 1. The van der Waals surface area contributed by atoms with Gasteiger partial charge in [-0.05, 0) is 32.4 Å². The van der Waals surface area contributed by atoms with E-state index in [-0.39, 0.29) is 17.9 Å². The summed E-state index contributed by atoms with van der Waals surface area (Å²) in [5.74, 6) is -0.369. The molecule has 2 amide bonds. The van der Waals surface area contributed by atoms with E-state index in [1.165, 1.54) is 22.7 Å². The van der Waals surface area contributed by atoms with E-state index >= 15 is 0 Å². The summed E-state index contributed by atoms with van der Waals surface area (Å²) in [5, 5.41) is 5.89. The van der Waals surface area contributed by atoms with Gasteiger partial charge in [0.2, 0.25) is 0 Å². The molecule has 0 bridgehead atoms. The number of amides is 2. The Balaban J connectivity index is 1.78. The number of hydrogen-bond acceptors (Lipinski definition) is 6. The number of nitrogens with zero attached hydrogens (tertiary/aromatic N) is 2. The molecule has 26 heavy (non-hydrogen) atoms. The maximum absolute atomic E-state index is 12.5. The maximum atomic E-state index is 12.5. The van der Waals surface area contributed by atoms with Crippen LogP contribution in [0.1, 0.15) is 49.3 Å². The quantitative estimate of drug-likeness (QED) is 0.695. The topological polar surface area (TPSA) is 84.0 Å². The lowest BCUT2D eigenvalue weighted by Crippen LogP contribution is -2.27. The Kier molecular flexibility index (Phi) is 5.43. The Morgan fingerprint density at radius 3 is 2.12 bits per heavy atom. The molecular weight excluding hydrogens is 368 g/mol. The molecule has 0 saturated heterocycles. The highest BCUT2D eigenvalue weighted by molar-refractivity contribution is 7.12. The summed E-state index contributed by atoms with van der Waals surface area (Å²) < 4.78 is 0. The summed E-state index contributed by atoms with van der Waals surface area (Å²) in [6.07, 6.45) is 0. The van der Waals surface area contributed by atoms with Gasteiger partial charge < -0.3 is 10.6 Å². The average molecular weight is 387 g/mol. The number of rotatable bonds is 5. The molecule has 0 unspecified atom stereocenters. The number of benzene rings is 1. The summed E-state index contributed by atoms with van der Waals surface area (Å²) in [5.41, 5.74) is 6.21. The molecule has 6 nitrogen and oxygen atoms in total. The smallest absolute Gasteiger partial charge is 0.267 e. The third-order valence-electron chi connectivity index (χ3n) is 3.93. The molecule has 134 valence electrons. The second-order valence-electron chi connectivity index (χ2n) is 5.77. The van der Waals surface area contributed by atoms with Gasteiger partial charge in [0, 0.05) is 5.69 Å². The monoisotopic (exact) mass is 386 g/mol. The Hall–Kier alpha value is -2.58. The van der Waals surface area contributed by atoms with E-state index < -0.39 is 0 Å². The van der Waals surface area contributed by atoms with Crippen LogP contribution in [0, 0.1) is 13.8 Å². The molecule has 8 heteroatoms. The van der Waals surface area contributed by atoms with Crippen molar-refractivity contribution in [3.8, 4) is 0 Å². The first-order chi connectivity index (χ1) is 12.5. The average Bonchev–Trinajstić information content (AvgIpc) is 3.23. The van der Waals surface area contributed by atoms with E-state index in [0.29, 0.717) is 26.8 Å². The van der Waals surface area contributed by atoms with Crippen molar-refractivity contribution in [2.45, 2.75) is 26.8 Å². The lowest BCUT2D eigenvalue weighted by Gasteiger charge is -2.18. The highest BCUT2D eigenvalue weighted by Gasteiger charge is 2.19. The first-order valence-corrected chi connectivity index (χ1v) is 9.74. The van der Waals surface area contributed by atoms with Crippen LogP contribution in [0.25, 0.3) is 0 Å². The predicted octanol–water partition coefficient (Wildman–Crippen LogP) is 3.96. The fourth-order valence-electron chi connectivity index (χ4n) is 2.55. The van der Waals surface area contributed by atoms with Gasteiger partial charge in [-0.2, -0.15) is 0 Å². The van der Waals surface area contributed by atoms with Crippen LogP contribution in [0.15, 0.2) is 35.3 Å². The molecule has 0 aliphatic carbocycles. The largest absolute Gasteiger partial charge is 0.345 e. The summed E-state index contributed by atoms with van der Waals surface area (Å²) in [6, 6.07) is 7.16. The molecule has 2 heterocycles. The van der Waals surface area contributed by atoms with Crippen LogP contribution >= 0.6 is 22.7 Å². The fourth-order valence-corrected chi connectivity index (χ4v) is 3.95. The lowest BCUT2D eigenvalue weighted by molar-refractivity contribution is 0.0943.